The molecule has 0 bridgehead atoms. The molecule has 7 heteroatoms. The molecule has 5 aliphatic carbocycles. The number of phenolic OH excluding ortho intramolecular Hbond substituents is 2. The van der Waals surface area contributed by atoms with Crippen molar-refractivity contribution in [2.24, 2.45) is 46.3 Å². The van der Waals surface area contributed by atoms with Gasteiger partial charge in [-0.05, 0) is 105 Å². The van der Waals surface area contributed by atoms with E-state index in [1.54, 1.807) is 12.1 Å². The maximum absolute atomic E-state index is 14.9. The van der Waals surface area contributed by atoms with Crippen molar-refractivity contribution in [2.45, 2.75) is 137 Å². The summed E-state index contributed by atoms with van der Waals surface area (Å²) in [6, 6.07) is 3.44. The summed E-state index contributed by atoms with van der Waals surface area (Å²) in [6.45, 7) is 20.3. The second-order valence-corrected chi connectivity index (χ2v) is 19.6. The molecule has 2 aliphatic heterocycles. The lowest BCUT2D eigenvalue weighted by Crippen LogP contribution is -2.73. The van der Waals surface area contributed by atoms with E-state index in [0.717, 1.165) is 25.7 Å². The van der Waals surface area contributed by atoms with Crippen LogP contribution < -0.4 is 10.1 Å². The second kappa shape index (κ2) is 11.3. The number of fused-ring (bicyclic) bond motifs is 7. The van der Waals surface area contributed by atoms with Crippen LogP contribution in [0.5, 0.6) is 17.2 Å². The molecule has 2 aromatic carbocycles. The molecule has 2 aromatic rings. The van der Waals surface area contributed by atoms with Gasteiger partial charge in [0.1, 0.15) is 35.2 Å². The first-order valence-electron chi connectivity index (χ1n) is 20.5. The molecule has 7 aliphatic rings. The van der Waals surface area contributed by atoms with E-state index in [4.69, 9.17) is 9.47 Å². The van der Waals surface area contributed by atoms with Gasteiger partial charge in [-0.25, -0.2) is 0 Å². The van der Waals surface area contributed by atoms with Crippen molar-refractivity contribution in [1.29, 1.82) is 0 Å². The first-order valence-corrected chi connectivity index (χ1v) is 20.5. The molecule has 3 saturated carbocycles. The average molecular weight is 722 g/mol. The third-order valence-corrected chi connectivity index (χ3v) is 16.6. The molecule has 11 atom stereocenters. The molecule has 0 amide bonds. The Morgan fingerprint density at radius 2 is 1.68 bits per heavy atom. The molecule has 3 fully saturated rings. The van der Waals surface area contributed by atoms with Crippen LogP contribution in [0.1, 0.15) is 129 Å². The van der Waals surface area contributed by atoms with Gasteiger partial charge in [0.2, 0.25) is 5.78 Å². The van der Waals surface area contributed by atoms with E-state index in [1.165, 1.54) is 12.0 Å². The monoisotopic (exact) mass is 721 g/mol. The zero-order chi connectivity index (χ0) is 37.7. The molecule has 1 spiro atoms. The van der Waals surface area contributed by atoms with Crippen LogP contribution in [0.15, 0.2) is 41.6 Å². The number of Topliss-reactive ketones (excluding diaryl/α,β-unsaturated/α-hetero) is 1. The Kier molecular flexibility index (Phi) is 7.52. The number of aliphatic hydroxyl groups excluding tert-OH is 1. The summed E-state index contributed by atoms with van der Waals surface area (Å²) in [7, 11) is 0. The van der Waals surface area contributed by atoms with Crippen LogP contribution in [0.2, 0.25) is 0 Å². The van der Waals surface area contributed by atoms with Crippen LogP contribution in [0.4, 0.5) is 0 Å². The van der Waals surface area contributed by atoms with Crippen molar-refractivity contribution in [3.63, 3.8) is 0 Å². The summed E-state index contributed by atoms with van der Waals surface area (Å²) >= 11 is 0. The molecule has 53 heavy (non-hydrogen) atoms. The van der Waals surface area contributed by atoms with Gasteiger partial charge in [-0.2, -0.15) is 0 Å². The average Bonchev–Trinajstić information content (AvgIpc) is 3.58. The third-order valence-electron chi connectivity index (χ3n) is 16.6. The maximum Gasteiger partial charge on any atom is 0.217 e. The highest BCUT2D eigenvalue weighted by atomic mass is 16.5. The number of phenols is 2. The molecule has 9 rings (SSSR count). The fourth-order valence-electron chi connectivity index (χ4n) is 12.7. The number of aliphatic hydroxyl groups is 1. The molecule has 2 heterocycles. The van der Waals surface area contributed by atoms with E-state index in [-0.39, 0.29) is 45.5 Å². The molecular weight excluding hydrogens is 663 g/mol. The van der Waals surface area contributed by atoms with Gasteiger partial charge < -0.3 is 30.1 Å². The van der Waals surface area contributed by atoms with E-state index >= 15 is 0 Å². The van der Waals surface area contributed by atoms with Crippen LogP contribution in [0.3, 0.4) is 0 Å². The number of nitrogens with one attached hydrogen (secondary N) is 1. The zero-order valence-electron chi connectivity index (χ0n) is 33.1. The van der Waals surface area contributed by atoms with Crippen molar-refractivity contribution in [1.82, 2.24) is 5.32 Å². The highest BCUT2D eigenvalue weighted by molar-refractivity contribution is 6.27. The van der Waals surface area contributed by atoms with E-state index < -0.39 is 23.2 Å². The Morgan fingerprint density at radius 1 is 0.925 bits per heavy atom. The van der Waals surface area contributed by atoms with Gasteiger partial charge in [0.15, 0.2) is 5.76 Å². The number of carbonyl (C=O) groups is 1. The fraction of sp³-hybridized carbons (Fsp3) is 0.630. The lowest BCUT2D eigenvalue weighted by molar-refractivity contribution is -0.120. The van der Waals surface area contributed by atoms with Gasteiger partial charge in [-0.3, -0.25) is 4.79 Å². The van der Waals surface area contributed by atoms with Crippen LogP contribution in [0, 0.1) is 46.3 Å². The molecule has 284 valence electrons. The Morgan fingerprint density at radius 3 is 2.42 bits per heavy atom. The number of ether oxygens (including phenoxy) is 2. The first kappa shape index (κ1) is 35.3. The van der Waals surface area contributed by atoms with Crippen molar-refractivity contribution in [3.8, 4) is 17.2 Å². The van der Waals surface area contributed by atoms with Gasteiger partial charge >= 0.3 is 0 Å². The summed E-state index contributed by atoms with van der Waals surface area (Å²) < 4.78 is 13.6. The molecule has 7 nitrogen and oxygen atoms in total. The largest absolute Gasteiger partial charge is 0.507 e. The van der Waals surface area contributed by atoms with Gasteiger partial charge in [0, 0.05) is 33.6 Å². The molecular formula is C46H59NO6. The Bertz CT molecular complexity index is 2040. The minimum atomic E-state index is -0.744. The smallest absolute Gasteiger partial charge is 0.217 e. The third kappa shape index (κ3) is 4.40. The van der Waals surface area contributed by atoms with Crippen molar-refractivity contribution < 1.29 is 29.6 Å². The summed E-state index contributed by atoms with van der Waals surface area (Å²) in [6.07, 6.45) is 12.7. The van der Waals surface area contributed by atoms with Crippen molar-refractivity contribution in [2.75, 3.05) is 0 Å². The summed E-state index contributed by atoms with van der Waals surface area (Å²) in [5.41, 5.74) is 1.59. The topological polar surface area (TPSA) is 108 Å². The lowest BCUT2D eigenvalue weighted by atomic mass is 9.44. The minimum Gasteiger partial charge on any atom is -0.507 e. The number of rotatable bonds is 4. The predicted molar refractivity (Wildman–Crippen MR) is 208 cm³/mol. The molecule has 0 saturated heterocycles. The van der Waals surface area contributed by atoms with Gasteiger partial charge in [-0.1, -0.05) is 73.1 Å². The van der Waals surface area contributed by atoms with Gasteiger partial charge in [0.25, 0.3) is 0 Å². The molecule has 4 N–H and O–H groups in total. The van der Waals surface area contributed by atoms with Crippen LogP contribution in [-0.2, 0) is 10.2 Å². The fourth-order valence-corrected chi connectivity index (χ4v) is 12.7. The van der Waals surface area contributed by atoms with Gasteiger partial charge in [-0.15, -0.1) is 0 Å². The zero-order valence-corrected chi connectivity index (χ0v) is 33.1. The lowest BCUT2D eigenvalue weighted by Gasteiger charge is -2.66. The van der Waals surface area contributed by atoms with Crippen LogP contribution in [-0.4, -0.2) is 45.0 Å². The highest BCUT2D eigenvalue weighted by Gasteiger charge is 2.68. The summed E-state index contributed by atoms with van der Waals surface area (Å²) in [5.74, 6) is 3.47. The molecule has 0 radical (unpaired) electrons. The Labute approximate surface area is 314 Å². The summed E-state index contributed by atoms with van der Waals surface area (Å²) in [5, 5.41) is 40.0. The normalized spacial score (nSPS) is 38.8. The number of allylic oxidation sites excluding steroid dienone is 4. The van der Waals surface area contributed by atoms with Crippen LogP contribution in [0.25, 0.3) is 16.5 Å². The predicted octanol–water partition coefficient (Wildman–Crippen LogP) is 9.32. The number of hydrogen-bond donors (Lipinski definition) is 4. The molecule has 0 aromatic heterocycles. The second-order valence-electron chi connectivity index (χ2n) is 19.6. The number of aromatic hydroxyl groups is 2. The number of ketones is 1. The van der Waals surface area contributed by atoms with Crippen molar-refractivity contribution >= 4 is 22.3 Å². The van der Waals surface area contributed by atoms with Crippen LogP contribution >= 0.6 is 0 Å². The standard InChI is InChI=1S/C46H59NO6/c1-22(2)23(3)10-11-24(4)29-13-14-30-28-20-33-46(21-26(48)16-19-45(46,9)31(28)17-18-44(29,30)8)47-38-40(51)36-34-27(12-15-32(49)35(34)42(38)53-33)41-37(39(36)50)43(6,7)25(5)52-41/h10-12,15,20,22-26,29-31,33,47-50H,13-14,16-19,21H2,1-9H3/b11-10+/t23-,24+,25?,26-,29+,30?,31?,33-,44+,45+,46-/m0/s1. The number of benzene rings is 2. The first-order chi connectivity index (χ1) is 25.0. The van der Waals surface area contributed by atoms with E-state index in [0.29, 0.717) is 81.8 Å². The van der Waals surface area contributed by atoms with E-state index in [9.17, 15) is 20.1 Å². The maximum atomic E-state index is 14.9. The SMILES string of the molecule is CC(C)[C@@H](C)/C=C/[C@@H](C)[C@H]1CCC2C3=C[C@@H]4OC5=C(N[C@@]46C[C@@H](O)CC[C@]6(C)C3CC[C@@]21C)C(=O)c1c(O)c2c(c3ccc(O)c5c13)OC(C)C2(C)C. The quantitative estimate of drug-likeness (QED) is 0.233. The van der Waals surface area contributed by atoms with Gasteiger partial charge in [0.05, 0.1) is 22.8 Å². The number of hydrogen-bond acceptors (Lipinski definition) is 7. The molecule has 3 unspecified atom stereocenters. The highest BCUT2D eigenvalue weighted by Crippen LogP contribution is 2.69. The minimum absolute atomic E-state index is 0.00774. The van der Waals surface area contributed by atoms with E-state index in [2.05, 4.69) is 65.1 Å². The summed E-state index contributed by atoms with van der Waals surface area (Å²) in [4.78, 5) is 14.9. The Hall–Kier alpha value is -3.45. The van der Waals surface area contributed by atoms with Crippen molar-refractivity contribution in [3.05, 3.63) is 58.3 Å². The Balaban J connectivity index is 1.18. The van der Waals surface area contributed by atoms with E-state index in [1.807, 2.05) is 20.8 Å². The number of carbonyl (C=O) groups excluding carboxylic acids is 1.